The van der Waals surface area contributed by atoms with Crippen molar-refractivity contribution in [3.63, 3.8) is 0 Å². The van der Waals surface area contributed by atoms with Crippen LogP contribution in [0.25, 0.3) is 94.2 Å². The zero-order valence-electron chi connectivity index (χ0n) is 38.4. The van der Waals surface area contributed by atoms with Gasteiger partial charge in [0.25, 0.3) is 0 Å². The predicted octanol–water partition coefficient (Wildman–Crippen LogP) is 13.3. The van der Waals surface area contributed by atoms with Crippen LogP contribution in [0.15, 0.2) is 223 Å². The van der Waals surface area contributed by atoms with Crippen molar-refractivity contribution >= 4 is 95.1 Å². The van der Waals surface area contributed by atoms with E-state index in [1.54, 1.807) is 0 Å². The van der Waals surface area contributed by atoms with Crippen LogP contribution in [-0.2, 0) is 0 Å². The fraction of sp³-hybridized carbons (Fsp3) is 0.0328. The maximum atomic E-state index is 6.45. The van der Waals surface area contributed by atoms with Gasteiger partial charge in [0.2, 0.25) is 5.78 Å². The van der Waals surface area contributed by atoms with Crippen molar-refractivity contribution in [1.82, 2.24) is 28.1 Å². The number of imidazole rings is 2. The second-order valence-corrected chi connectivity index (χ2v) is 18.0. The summed E-state index contributed by atoms with van der Waals surface area (Å²) in [6.07, 6.45) is 8.25. The number of para-hydroxylation sites is 8. The van der Waals surface area contributed by atoms with Gasteiger partial charge in [0.1, 0.15) is 29.0 Å². The Morgan fingerprint density at radius 1 is 0.529 bits per heavy atom. The molecule has 0 spiro atoms. The molecule has 0 aliphatic carbocycles. The van der Waals surface area contributed by atoms with E-state index < -0.39 is 0 Å². The number of benzene rings is 8. The summed E-state index contributed by atoms with van der Waals surface area (Å²) >= 11 is 0. The third-order valence-corrected chi connectivity index (χ3v) is 14.0. The van der Waals surface area contributed by atoms with Crippen molar-refractivity contribution in [2.75, 3.05) is 0 Å². The fourth-order valence-corrected chi connectivity index (χ4v) is 10.9. The van der Waals surface area contributed by atoms with Crippen LogP contribution in [0.2, 0.25) is 0 Å². The topological polar surface area (TPSA) is 66.6 Å². The van der Waals surface area contributed by atoms with Crippen LogP contribution in [-0.4, -0.2) is 40.8 Å². The van der Waals surface area contributed by atoms with Crippen molar-refractivity contribution < 1.29 is 4.74 Å². The van der Waals surface area contributed by atoms with Crippen LogP contribution in [0.3, 0.4) is 0 Å². The van der Waals surface area contributed by atoms with Crippen molar-refractivity contribution in [3.8, 4) is 34.3 Å². The summed E-state index contributed by atoms with van der Waals surface area (Å²) in [5, 5.41) is 4.72. The molecule has 0 saturated heterocycles. The number of fused-ring (bicyclic) bond motifs is 13. The van der Waals surface area contributed by atoms with Gasteiger partial charge >= 0.3 is 6.85 Å². The Balaban J connectivity index is 1.06. The van der Waals surface area contributed by atoms with E-state index >= 15 is 0 Å². The normalized spacial score (nSPS) is 13.1. The first kappa shape index (κ1) is 39.9. The quantitative estimate of drug-likeness (QED) is 0.0723. The smallest absolute Gasteiger partial charge is 0.354 e. The average molecular weight is 900 g/mol. The Labute approximate surface area is 403 Å². The van der Waals surface area contributed by atoms with E-state index in [4.69, 9.17) is 19.6 Å². The molecule has 8 aromatic carbocycles. The summed E-state index contributed by atoms with van der Waals surface area (Å²) in [5.41, 5.74) is 13.5. The maximum Gasteiger partial charge on any atom is 0.354 e. The monoisotopic (exact) mass is 899 g/mol. The number of allylic oxidation sites excluding steroid dienone is 4. The fourth-order valence-electron chi connectivity index (χ4n) is 10.9. The lowest BCUT2D eigenvalue weighted by atomic mass is 9.50. The van der Waals surface area contributed by atoms with Gasteiger partial charge in [-0.25, -0.2) is 9.97 Å². The van der Waals surface area contributed by atoms with E-state index in [1.807, 2.05) is 43.3 Å². The highest BCUT2D eigenvalue weighted by Gasteiger charge is 2.32. The van der Waals surface area contributed by atoms with Gasteiger partial charge < -0.3 is 9.64 Å². The number of nitrogens with zero attached hydrogens (tertiary/aromatic N) is 7. The average Bonchev–Trinajstić information content (AvgIpc) is 4.15. The molecule has 0 saturated carbocycles. The molecule has 0 N–H and O–H groups in total. The van der Waals surface area contributed by atoms with Gasteiger partial charge in [-0.3, -0.25) is 18.1 Å². The lowest BCUT2D eigenvalue weighted by Gasteiger charge is -2.24. The highest BCUT2D eigenvalue weighted by molar-refractivity contribution is 6.86. The highest BCUT2D eigenvalue weighted by Crippen LogP contribution is 2.39. The second kappa shape index (κ2) is 15.7. The summed E-state index contributed by atoms with van der Waals surface area (Å²) < 4.78 is 15.6. The van der Waals surface area contributed by atoms with Crippen LogP contribution in [0.4, 0.5) is 0 Å². The third-order valence-electron chi connectivity index (χ3n) is 14.0. The molecule has 70 heavy (non-hydrogen) atoms. The molecular formula is C61H42BN7O. The largest absolute Gasteiger partial charge is 0.458 e. The first-order valence-electron chi connectivity index (χ1n) is 23.8. The third kappa shape index (κ3) is 5.94. The van der Waals surface area contributed by atoms with Gasteiger partial charge in [-0.2, -0.15) is 0 Å². The number of rotatable bonds is 6. The molecule has 1 aliphatic rings. The van der Waals surface area contributed by atoms with Crippen LogP contribution in [0.5, 0.6) is 11.5 Å². The highest BCUT2D eigenvalue weighted by atomic mass is 16.5. The number of aryl methyl sites for hydroxylation is 1. The molecule has 8 nitrogen and oxygen atoms in total. The van der Waals surface area contributed by atoms with Gasteiger partial charge in [-0.15, -0.1) is 0 Å². The Bertz CT molecular complexity index is 4110. The van der Waals surface area contributed by atoms with Gasteiger partial charge in [0.05, 0.1) is 44.1 Å². The summed E-state index contributed by atoms with van der Waals surface area (Å²) in [7, 11) is 0. The van der Waals surface area contributed by atoms with E-state index in [0.29, 0.717) is 0 Å². The minimum atomic E-state index is -0.330. The first-order chi connectivity index (χ1) is 34.6. The molecule has 0 fully saturated rings. The molecule has 0 bridgehead atoms. The molecule has 13 aromatic rings. The van der Waals surface area contributed by atoms with E-state index in [-0.39, 0.29) is 6.85 Å². The van der Waals surface area contributed by atoms with Crippen LogP contribution in [0.1, 0.15) is 12.5 Å². The Morgan fingerprint density at radius 3 is 1.60 bits per heavy atom. The molecule has 14 rings (SSSR count). The summed E-state index contributed by atoms with van der Waals surface area (Å²) in [6.45, 7) is 3.87. The molecule has 0 amide bonds. The molecule has 9 heteroatoms. The minimum Gasteiger partial charge on any atom is -0.458 e. The predicted molar refractivity (Wildman–Crippen MR) is 290 cm³/mol. The standard InChI is InChI=1S/C61H42BN7O/c1-3-4-5-36-56(65-62-46-26-10-16-34-54(46)70-55-35-17-11-27-47(55)62)69-60-39(2)20-18-33-53(60)68-52-32-19-25-41(59(52)64-61(68)69)40-37-57(66-48-28-12-6-21-42(48)43-22-7-13-29-49(43)66)63-58(38-40)67-50-30-14-8-23-44(50)45-24-9-15-31-51(45)67/h3-38H,1-2H3/b4-3-,36-5-,65-56-. The maximum absolute atomic E-state index is 6.45. The van der Waals surface area contributed by atoms with Crippen LogP contribution < -0.4 is 15.7 Å². The number of pyridine rings is 1. The van der Waals surface area contributed by atoms with Crippen molar-refractivity contribution in [3.05, 3.63) is 224 Å². The molecule has 1 aliphatic heterocycles. The first-order valence-corrected chi connectivity index (χ1v) is 23.8. The molecule has 6 heterocycles. The number of hydrogen-bond acceptors (Lipinski definition) is 4. The number of hydrogen-bond donors (Lipinski definition) is 0. The van der Waals surface area contributed by atoms with E-state index in [1.165, 1.54) is 21.5 Å². The van der Waals surface area contributed by atoms with E-state index in [9.17, 15) is 0 Å². The van der Waals surface area contributed by atoms with E-state index in [0.717, 1.165) is 106 Å². The van der Waals surface area contributed by atoms with Crippen molar-refractivity contribution in [2.24, 2.45) is 4.90 Å². The summed E-state index contributed by atoms with van der Waals surface area (Å²) in [5.74, 6) is 4.77. The van der Waals surface area contributed by atoms with Crippen LogP contribution >= 0.6 is 0 Å². The van der Waals surface area contributed by atoms with Gasteiger partial charge in [0, 0.05) is 27.1 Å². The zero-order valence-corrected chi connectivity index (χ0v) is 38.4. The number of ether oxygens (including phenoxy) is 1. The van der Waals surface area contributed by atoms with Crippen molar-refractivity contribution in [2.45, 2.75) is 13.8 Å². The Kier molecular flexibility index (Phi) is 8.94. The molecular weight excluding hydrogens is 858 g/mol. The van der Waals surface area contributed by atoms with Gasteiger partial charge in [-0.1, -0.05) is 152 Å². The van der Waals surface area contributed by atoms with Gasteiger partial charge in [0.15, 0.2) is 0 Å². The lowest BCUT2D eigenvalue weighted by Crippen LogP contribution is -2.46. The summed E-state index contributed by atoms with van der Waals surface area (Å²) in [6, 6.07) is 68.4. The lowest BCUT2D eigenvalue weighted by molar-refractivity contribution is 0.487. The minimum absolute atomic E-state index is 0.330. The van der Waals surface area contributed by atoms with Crippen LogP contribution in [0, 0.1) is 6.92 Å². The van der Waals surface area contributed by atoms with Gasteiger partial charge in [-0.05, 0) is 103 Å². The molecule has 0 atom stereocenters. The SMILES string of the molecule is C\C=C/C=C\C(=N\B1c2ccccc2Oc2ccccc21)n1c2c(C)cccc2n2c3cccc(-c4cc(-n5c6ccccc6c6ccccc65)nc(-n5c6ccccc6c6ccccc65)c4)c3nc12. The second-order valence-electron chi connectivity index (χ2n) is 18.0. The molecule has 5 aromatic heterocycles. The molecule has 0 radical (unpaired) electrons. The van der Waals surface area contributed by atoms with Crippen molar-refractivity contribution in [1.29, 1.82) is 0 Å². The van der Waals surface area contributed by atoms with E-state index in [2.05, 4.69) is 207 Å². The molecule has 330 valence electrons. The number of aromatic nitrogens is 6. The molecule has 0 unspecified atom stereocenters. The summed E-state index contributed by atoms with van der Waals surface area (Å²) in [4.78, 5) is 17.1. The zero-order chi connectivity index (χ0) is 46.5. The Morgan fingerprint density at radius 2 is 1.03 bits per heavy atom. The Hall–Kier alpha value is -9.21.